The molecule has 0 spiro atoms. The first-order valence-corrected chi connectivity index (χ1v) is 8.82. The lowest BCUT2D eigenvalue weighted by Gasteiger charge is -2.35. The highest BCUT2D eigenvalue weighted by Crippen LogP contribution is 2.28. The predicted molar refractivity (Wildman–Crippen MR) is 100 cm³/mol. The van der Waals surface area contributed by atoms with Crippen LogP contribution in [0.3, 0.4) is 0 Å². The van der Waals surface area contributed by atoms with Crippen LogP contribution in [0.15, 0.2) is 59.1 Å². The molecular formula is C20H22N4O2. The van der Waals surface area contributed by atoms with Crippen LogP contribution in [-0.2, 0) is 6.54 Å². The fourth-order valence-electron chi connectivity index (χ4n) is 3.25. The summed E-state index contributed by atoms with van der Waals surface area (Å²) < 4.78 is 10.9. The van der Waals surface area contributed by atoms with Crippen molar-refractivity contribution in [2.24, 2.45) is 0 Å². The molecule has 2 heterocycles. The Bertz CT molecular complexity index is 842. The summed E-state index contributed by atoms with van der Waals surface area (Å²) in [4.78, 5) is 9.23. The van der Waals surface area contributed by atoms with E-state index in [2.05, 4.69) is 26.0 Å². The summed E-state index contributed by atoms with van der Waals surface area (Å²) in [6, 6.07) is 18.1. The topological polar surface area (TPSA) is 54.6 Å². The Hall–Kier alpha value is -2.86. The van der Waals surface area contributed by atoms with Crippen molar-refractivity contribution in [3.63, 3.8) is 0 Å². The van der Waals surface area contributed by atoms with E-state index in [0.717, 1.165) is 43.2 Å². The van der Waals surface area contributed by atoms with Crippen molar-refractivity contribution < 1.29 is 9.26 Å². The van der Waals surface area contributed by atoms with Gasteiger partial charge in [0.2, 0.25) is 11.7 Å². The number of nitrogens with zero attached hydrogens (tertiary/aromatic N) is 4. The van der Waals surface area contributed by atoms with Gasteiger partial charge in [0.05, 0.1) is 19.3 Å². The second-order valence-corrected chi connectivity index (χ2v) is 6.31. The Kier molecular flexibility index (Phi) is 4.84. The molecule has 134 valence electrons. The molecule has 4 rings (SSSR count). The predicted octanol–water partition coefficient (Wildman–Crippen LogP) is 3.07. The lowest BCUT2D eigenvalue weighted by Crippen LogP contribution is -2.46. The van der Waals surface area contributed by atoms with E-state index in [1.165, 1.54) is 0 Å². The van der Waals surface area contributed by atoms with Crippen molar-refractivity contribution in [3.05, 3.63) is 60.5 Å². The highest BCUT2D eigenvalue weighted by Gasteiger charge is 2.21. The molecule has 1 aliphatic rings. The number of piperazine rings is 1. The third-order valence-corrected chi connectivity index (χ3v) is 4.66. The minimum atomic E-state index is 0.647. The highest BCUT2D eigenvalue weighted by molar-refractivity contribution is 5.58. The third-order valence-electron chi connectivity index (χ3n) is 4.66. The summed E-state index contributed by atoms with van der Waals surface area (Å²) in [5.74, 6) is 2.23. The van der Waals surface area contributed by atoms with Crippen molar-refractivity contribution in [2.45, 2.75) is 6.54 Å². The van der Waals surface area contributed by atoms with Crippen LogP contribution < -0.4 is 9.64 Å². The van der Waals surface area contributed by atoms with Crippen LogP contribution in [-0.4, -0.2) is 48.3 Å². The molecule has 0 atom stereocenters. The van der Waals surface area contributed by atoms with Crippen molar-refractivity contribution in [1.82, 2.24) is 15.0 Å². The average molecular weight is 350 g/mol. The normalized spacial score (nSPS) is 15.2. The Morgan fingerprint density at radius 2 is 1.69 bits per heavy atom. The maximum atomic E-state index is 5.48. The first-order chi connectivity index (χ1) is 12.8. The molecule has 6 heteroatoms. The van der Waals surface area contributed by atoms with Gasteiger partial charge in [-0.15, -0.1) is 0 Å². The molecule has 0 unspecified atom stereocenters. The zero-order valence-corrected chi connectivity index (χ0v) is 14.8. The van der Waals surface area contributed by atoms with Crippen LogP contribution in [0.25, 0.3) is 11.4 Å². The van der Waals surface area contributed by atoms with E-state index in [9.17, 15) is 0 Å². The van der Waals surface area contributed by atoms with E-state index < -0.39 is 0 Å². The second-order valence-electron chi connectivity index (χ2n) is 6.31. The molecule has 0 amide bonds. The smallest absolute Gasteiger partial charge is 0.241 e. The minimum Gasteiger partial charge on any atom is -0.495 e. The first-order valence-electron chi connectivity index (χ1n) is 8.82. The number of ether oxygens (including phenoxy) is 1. The number of hydrogen-bond donors (Lipinski definition) is 0. The number of methoxy groups -OCH3 is 1. The Morgan fingerprint density at radius 3 is 2.46 bits per heavy atom. The summed E-state index contributed by atoms with van der Waals surface area (Å²) in [6.45, 7) is 4.46. The molecule has 2 aromatic carbocycles. The van der Waals surface area contributed by atoms with Gasteiger partial charge in [-0.1, -0.05) is 47.6 Å². The molecular weight excluding hydrogens is 328 g/mol. The van der Waals surface area contributed by atoms with Crippen molar-refractivity contribution in [3.8, 4) is 17.1 Å². The van der Waals surface area contributed by atoms with Crippen LogP contribution in [0.4, 0.5) is 5.69 Å². The zero-order chi connectivity index (χ0) is 17.8. The molecule has 0 aliphatic carbocycles. The van der Waals surface area contributed by atoms with Gasteiger partial charge in [0.1, 0.15) is 5.75 Å². The number of anilines is 1. The average Bonchev–Trinajstić information content (AvgIpc) is 3.18. The van der Waals surface area contributed by atoms with E-state index in [1.807, 2.05) is 48.5 Å². The molecule has 1 saturated heterocycles. The second kappa shape index (κ2) is 7.58. The molecule has 0 radical (unpaired) electrons. The standard InChI is InChI=1S/C20H22N4O2/c1-25-18-10-6-5-9-17(18)24-13-11-23(12-14-24)15-19-21-20(22-26-19)16-7-3-2-4-8-16/h2-10H,11-15H2,1H3. The fraction of sp³-hybridized carbons (Fsp3) is 0.300. The van der Waals surface area contributed by atoms with E-state index in [4.69, 9.17) is 9.26 Å². The zero-order valence-electron chi connectivity index (χ0n) is 14.8. The first kappa shape index (κ1) is 16.6. The van der Waals surface area contributed by atoms with Gasteiger partial charge >= 0.3 is 0 Å². The van der Waals surface area contributed by atoms with Gasteiger partial charge in [-0.05, 0) is 12.1 Å². The molecule has 6 nitrogen and oxygen atoms in total. The molecule has 3 aromatic rings. The van der Waals surface area contributed by atoms with E-state index in [1.54, 1.807) is 7.11 Å². The lowest BCUT2D eigenvalue weighted by atomic mass is 10.2. The van der Waals surface area contributed by atoms with Crippen LogP contribution in [0.2, 0.25) is 0 Å². The maximum Gasteiger partial charge on any atom is 0.241 e. The molecule has 1 aliphatic heterocycles. The molecule has 0 N–H and O–H groups in total. The highest BCUT2D eigenvalue weighted by atomic mass is 16.5. The largest absolute Gasteiger partial charge is 0.495 e. The molecule has 26 heavy (non-hydrogen) atoms. The van der Waals surface area contributed by atoms with Gasteiger partial charge in [-0.3, -0.25) is 4.90 Å². The van der Waals surface area contributed by atoms with Crippen LogP contribution in [0.5, 0.6) is 5.75 Å². The number of rotatable bonds is 5. The van der Waals surface area contributed by atoms with Gasteiger partial charge in [0.15, 0.2) is 0 Å². The summed E-state index contributed by atoms with van der Waals surface area (Å²) in [7, 11) is 1.72. The van der Waals surface area contributed by atoms with Crippen LogP contribution >= 0.6 is 0 Å². The molecule has 1 aromatic heterocycles. The summed E-state index contributed by atoms with van der Waals surface area (Å²) in [5, 5.41) is 4.10. The van der Waals surface area contributed by atoms with Gasteiger partial charge in [-0.25, -0.2) is 0 Å². The van der Waals surface area contributed by atoms with Gasteiger partial charge in [0.25, 0.3) is 0 Å². The summed E-state index contributed by atoms with van der Waals surface area (Å²) >= 11 is 0. The van der Waals surface area contributed by atoms with Crippen molar-refractivity contribution >= 4 is 5.69 Å². The number of hydrogen-bond acceptors (Lipinski definition) is 6. The third kappa shape index (κ3) is 3.55. The van der Waals surface area contributed by atoms with E-state index in [-0.39, 0.29) is 0 Å². The minimum absolute atomic E-state index is 0.647. The van der Waals surface area contributed by atoms with E-state index in [0.29, 0.717) is 18.3 Å². The molecule has 1 fully saturated rings. The van der Waals surface area contributed by atoms with Gasteiger partial charge in [-0.2, -0.15) is 4.98 Å². The monoisotopic (exact) mass is 350 g/mol. The lowest BCUT2D eigenvalue weighted by molar-refractivity contribution is 0.215. The maximum absolute atomic E-state index is 5.48. The van der Waals surface area contributed by atoms with E-state index >= 15 is 0 Å². The van der Waals surface area contributed by atoms with Gasteiger partial charge < -0.3 is 14.2 Å². The molecule has 0 saturated carbocycles. The number of benzene rings is 2. The summed E-state index contributed by atoms with van der Waals surface area (Å²) in [6.07, 6.45) is 0. The molecule has 0 bridgehead atoms. The van der Waals surface area contributed by atoms with Crippen molar-refractivity contribution in [1.29, 1.82) is 0 Å². The summed E-state index contributed by atoms with van der Waals surface area (Å²) in [5.41, 5.74) is 2.13. The Morgan fingerprint density at radius 1 is 0.962 bits per heavy atom. The Labute approximate surface area is 153 Å². The Balaban J connectivity index is 1.36. The fourth-order valence-corrected chi connectivity index (χ4v) is 3.25. The van der Waals surface area contributed by atoms with Crippen LogP contribution in [0.1, 0.15) is 5.89 Å². The van der Waals surface area contributed by atoms with Gasteiger partial charge in [0, 0.05) is 31.7 Å². The number of para-hydroxylation sites is 2. The quantitative estimate of drug-likeness (QED) is 0.705. The number of aromatic nitrogens is 2. The van der Waals surface area contributed by atoms with Crippen molar-refractivity contribution in [2.75, 3.05) is 38.2 Å². The SMILES string of the molecule is COc1ccccc1N1CCN(Cc2nc(-c3ccccc3)no2)CC1. The van der Waals surface area contributed by atoms with Crippen LogP contribution in [0, 0.1) is 0 Å².